The van der Waals surface area contributed by atoms with Gasteiger partial charge in [-0.05, 0) is 19.1 Å². The Balaban J connectivity index is 2.36. The molecule has 1 saturated heterocycles. The van der Waals surface area contributed by atoms with Crippen molar-refractivity contribution in [2.45, 2.75) is 13.0 Å². The van der Waals surface area contributed by atoms with Gasteiger partial charge in [-0.15, -0.1) is 0 Å². The summed E-state index contributed by atoms with van der Waals surface area (Å²) < 4.78 is 4.82. The number of methoxy groups -OCH3 is 1. The Morgan fingerprint density at radius 3 is 2.74 bits per heavy atom. The molecule has 0 unspecified atom stereocenters. The second kappa shape index (κ2) is 6.88. The molecule has 0 radical (unpaired) electrons. The Kier molecular flexibility index (Phi) is 5.12. The zero-order valence-electron chi connectivity index (χ0n) is 12.2. The molecule has 1 fully saturated rings. The lowest BCUT2D eigenvalue weighted by Crippen LogP contribution is -2.42. The quantitative estimate of drug-likeness (QED) is 0.270. The smallest absolute Gasteiger partial charge is 0.328 e. The van der Waals surface area contributed by atoms with Crippen molar-refractivity contribution < 1.29 is 19.2 Å². The summed E-state index contributed by atoms with van der Waals surface area (Å²) in [4.78, 5) is 35.9. The van der Waals surface area contributed by atoms with E-state index in [2.05, 4.69) is 4.74 Å². The maximum atomic E-state index is 12.4. The van der Waals surface area contributed by atoms with Crippen LogP contribution in [0.15, 0.2) is 29.2 Å². The van der Waals surface area contributed by atoms with E-state index < -0.39 is 22.8 Å². The second-order valence-electron chi connectivity index (χ2n) is 4.57. The summed E-state index contributed by atoms with van der Waals surface area (Å²) in [5, 5.41) is 11.0. The molecular formula is C14H12N2O5S2. The highest BCUT2D eigenvalue weighted by Crippen LogP contribution is 2.35. The zero-order valence-corrected chi connectivity index (χ0v) is 13.8. The molecule has 1 aromatic rings. The van der Waals surface area contributed by atoms with E-state index in [4.69, 9.17) is 12.2 Å². The van der Waals surface area contributed by atoms with E-state index in [-0.39, 0.29) is 14.9 Å². The largest absolute Gasteiger partial charge is 0.467 e. The monoisotopic (exact) mass is 352 g/mol. The van der Waals surface area contributed by atoms with Gasteiger partial charge in [0.15, 0.2) is 0 Å². The second-order valence-corrected chi connectivity index (χ2v) is 6.24. The molecule has 9 heteroatoms. The first-order valence-electron chi connectivity index (χ1n) is 6.45. The third kappa shape index (κ3) is 3.40. The normalized spacial score (nSPS) is 17.5. The molecule has 1 atom stereocenters. The van der Waals surface area contributed by atoms with E-state index in [1.54, 1.807) is 12.1 Å². The van der Waals surface area contributed by atoms with Crippen molar-refractivity contribution in [1.82, 2.24) is 4.90 Å². The van der Waals surface area contributed by atoms with Crippen molar-refractivity contribution in [3.63, 3.8) is 0 Å². The number of carbonyl (C=O) groups is 2. The first-order chi connectivity index (χ1) is 10.9. The van der Waals surface area contributed by atoms with E-state index in [9.17, 15) is 19.7 Å². The minimum Gasteiger partial charge on any atom is -0.467 e. The number of nitrogens with zero attached hydrogens (tertiary/aromatic N) is 2. The third-order valence-electron chi connectivity index (χ3n) is 3.17. The number of thioether (sulfide) groups is 1. The fourth-order valence-corrected chi connectivity index (χ4v) is 3.42. The number of nitro groups is 1. The molecule has 120 valence electrons. The first-order valence-corrected chi connectivity index (χ1v) is 7.67. The van der Waals surface area contributed by atoms with Gasteiger partial charge in [-0.1, -0.05) is 36.1 Å². The van der Waals surface area contributed by atoms with Crippen LogP contribution in [-0.2, 0) is 14.3 Å². The number of carbonyl (C=O) groups excluding carboxylic acids is 2. The number of hydrogen-bond donors (Lipinski definition) is 0. The van der Waals surface area contributed by atoms with Crippen LogP contribution in [-0.4, -0.2) is 39.2 Å². The van der Waals surface area contributed by atoms with Gasteiger partial charge in [0.1, 0.15) is 10.4 Å². The lowest BCUT2D eigenvalue weighted by atomic mass is 10.1. The SMILES string of the molecule is COC(=O)[C@@H](C)N1C(=O)/C(=C/c2ccccc2[N+](=O)[O-])SC1=S. The van der Waals surface area contributed by atoms with E-state index in [1.807, 2.05) is 0 Å². The van der Waals surface area contributed by atoms with Crippen LogP contribution in [0.5, 0.6) is 0 Å². The average Bonchev–Trinajstić information content (AvgIpc) is 2.80. The molecular weight excluding hydrogens is 340 g/mol. The van der Waals surface area contributed by atoms with Gasteiger partial charge in [-0.2, -0.15) is 0 Å². The van der Waals surface area contributed by atoms with Gasteiger partial charge in [0.25, 0.3) is 11.6 Å². The highest BCUT2D eigenvalue weighted by molar-refractivity contribution is 8.26. The summed E-state index contributed by atoms with van der Waals surface area (Å²) in [5.41, 5.74) is 0.183. The molecule has 0 saturated carbocycles. The number of para-hydroxylation sites is 1. The molecule has 2 rings (SSSR count). The molecule has 1 aliphatic heterocycles. The molecule has 0 aliphatic carbocycles. The van der Waals surface area contributed by atoms with Crippen molar-refractivity contribution in [2.24, 2.45) is 0 Å². The van der Waals surface area contributed by atoms with Crippen molar-refractivity contribution in [2.75, 3.05) is 7.11 Å². The number of nitro benzene ring substituents is 1. The minimum atomic E-state index is -0.857. The van der Waals surface area contributed by atoms with E-state index >= 15 is 0 Å². The Labute approximate surface area is 141 Å². The number of esters is 1. The van der Waals surface area contributed by atoms with Crippen molar-refractivity contribution in [3.05, 3.63) is 44.8 Å². The van der Waals surface area contributed by atoms with Crippen LogP contribution in [0.1, 0.15) is 12.5 Å². The Bertz CT molecular complexity index is 732. The average molecular weight is 352 g/mol. The molecule has 23 heavy (non-hydrogen) atoms. The third-order valence-corrected chi connectivity index (χ3v) is 4.50. The minimum absolute atomic E-state index is 0.112. The van der Waals surface area contributed by atoms with Crippen molar-refractivity contribution in [3.8, 4) is 0 Å². The van der Waals surface area contributed by atoms with Crippen LogP contribution in [0, 0.1) is 10.1 Å². The molecule has 1 heterocycles. The number of hydrogen-bond acceptors (Lipinski definition) is 7. The Morgan fingerprint density at radius 2 is 2.13 bits per heavy atom. The molecule has 1 amide bonds. The maximum absolute atomic E-state index is 12.4. The summed E-state index contributed by atoms with van der Waals surface area (Å²) in [6.07, 6.45) is 1.40. The summed E-state index contributed by atoms with van der Waals surface area (Å²) in [6.45, 7) is 1.50. The fraction of sp³-hybridized carbons (Fsp3) is 0.214. The Hall–Kier alpha value is -2.26. The standard InChI is InChI=1S/C14H12N2O5S2/c1-8(13(18)21-2)15-12(17)11(23-14(15)22)7-9-5-3-4-6-10(9)16(19)20/h3-8H,1-2H3/b11-7-/t8-/m1/s1. The van der Waals surface area contributed by atoms with Crippen LogP contribution in [0.2, 0.25) is 0 Å². The Morgan fingerprint density at radius 1 is 1.48 bits per heavy atom. The van der Waals surface area contributed by atoms with Crippen LogP contribution in [0.25, 0.3) is 6.08 Å². The fourth-order valence-electron chi connectivity index (χ4n) is 2.01. The molecule has 0 N–H and O–H groups in total. The summed E-state index contributed by atoms with van der Waals surface area (Å²) in [7, 11) is 1.22. The number of thiocarbonyl (C=S) groups is 1. The topological polar surface area (TPSA) is 89.8 Å². The number of amides is 1. The molecule has 0 bridgehead atoms. The first kappa shape index (κ1) is 17.1. The molecule has 1 aliphatic rings. The molecule has 0 spiro atoms. The van der Waals surface area contributed by atoms with Crippen LogP contribution < -0.4 is 0 Å². The van der Waals surface area contributed by atoms with Gasteiger partial charge in [0.2, 0.25) is 0 Å². The molecule has 1 aromatic carbocycles. The highest BCUT2D eigenvalue weighted by Gasteiger charge is 2.38. The van der Waals surface area contributed by atoms with Crippen molar-refractivity contribution in [1.29, 1.82) is 0 Å². The summed E-state index contributed by atoms with van der Waals surface area (Å²) >= 11 is 6.12. The molecule has 0 aromatic heterocycles. The van der Waals surface area contributed by atoms with Gasteiger partial charge in [-0.25, -0.2) is 4.79 Å². The predicted molar refractivity (Wildman–Crippen MR) is 89.6 cm³/mol. The van der Waals surface area contributed by atoms with Gasteiger partial charge in [-0.3, -0.25) is 19.8 Å². The summed E-state index contributed by atoms with van der Waals surface area (Å²) in [6, 6.07) is 5.21. The van der Waals surface area contributed by atoms with Crippen molar-refractivity contribution >= 4 is 51.9 Å². The lowest BCUT2D eigenvalue weighted by Gasteiger charge is -2.20. The van der Waals surface area contributed by atoms with Gasteiger partial charge >= 0.3 is 5.97 Å². The van der Waals surface area contributed by atoms with E-state index in [1.165, 1.54) is 32.2 Å². The van der Waals surface area contributed by atoms with Crippen LogP contribution in [0.3, 0.4) is 0 Å². The number of ether oxygens (including phenoxy) is 1. The molecule has 7 nitrogen and oxygen atoms in total. The van der Waals surface area contributed by atoms with E-state index in [0.717, 1.165) is 16.7 Å². The zero-order chi connectivity index (χ0) is 17.1. The lowest BCUT2D eigenvalue weighted by molar-refractivity contribution is -0.385. The van der Waals surface area contributed by atoms with Gasteiger partial charge in [0, 0.05) is 6.07 Å². The summed E-state index contributed by atoms with van der Waals surface area (Å²) in [5.74, 6) is -1.07. The van der Waals surface area contributed by atoms with Gasteiger partial charge < -0.3 is 4.74 Å². The van der Waals surface area contributed by atoms with Gasteiger partial charge in [0.05, 0.1) is 22.5 Å². The highest BCUT2D eigenvalue weighted by atomic mass is 32.2. The number of benzene rings is 1. The van der Waals surface area contributed by atoms with Crippen LogP contribution >= 0.6 is 24.0 Å². The van der Waals surface area contributed by atoms with Crippen LogP contribution in [0.4, 0.5) is 5.69 Å². The van der Waals surface area contributed by atoms with E-state index in [0.29, 0.717) is 5.56 Å². The number of rotatable bonds is 4. The maximum Gasteiger partial charge on any atom is 0.328 e. The predicted octanol–water partition coefficient (Wildman–Crippen LogP) is 2.36.